The zero-order chi connectivity index (χ0) is 15.6. The Morgan fingerprint density at radius 3 is 2.62 bits per heavy atom. The number of carbonyl (C=O) groups excluding carboxylic acids is 2. The minimum Gasteiger partial charge on any atom is -0.465 e. The third kappa shape index (κ3) is 3.11. The number of rotatable bonds is 4. The number of hydrogen-bond acceptors (Lipinski definition) is 5. The van der Waals surface area contributed by atoms with Crippen LogP contribution in [0.1, 0.15) is 47.5 Å². The maximum absolute atomic E-state index is 12.3. The van der Waals surface area contributed by atoms with Crippen LogP contribution in [-0.2, 0) is 22.4 Å². The molecular formula is C15H22N2O3S. The van der Waals surface area contributed by atoms with E-state index in [9.17, 15) is 9.59 Å². The quantitative estimate of drug-likeness (QED) is 0.836. The molecule has 0 saturated heterocycles. The number of methoxy groups -OCH3 is 1. The van der Waals surface area contributed by atoms with E-state index in [1.54, 1.807) is 13.8 Å². The Kier molecular flexibility index (Phi) is 4.68. The van der Waals surface area contributed by atoms with E-state index in [4.69, 9.17) is 10.5 Å². The van der Waals surface area contributed by atoms with Gasteiger partial charge < -0.3 is 15.8 Å². The van der Waals surface area contributed by atoms with E-state index >= 15 is 0 Å². The molecule has 116 valence electrons. The fraction of sp³-hybridized carbons (Fsp3) is 0.600. The van der Waals surface area contributed by atoms with Crippen molar-refractivity contribution >= 4 is 28.2 Å². The Balaban J connectivity index is 2.37. The molecule has 0 unspecified atom stereocenters. The normalized spacial score (nSPS) is 14.5. The van der Waals surface area contributed by atoms with Crippen molar-refractivity contribution in [1.82, 2.24) is 0 Å². The van der Waals surface area contributed by atoms with Crippen molar-refractivity contribution in [3.8, 4) is 0 Å². The summed E-state index contributed by atoms with van der Waals surface area (Å²) in [7, 11) is 1.37. The molecule has 1 aliphatic rings. The van der Waals surface area contributed by atoms with Crippen molar-refractivity contribution in [3.05, 3.63) is 16.0 Å². The molecule has 2 rings (SSSR count). The first-order valence-corrected chi connectivity index (χ1v) is 7.96. The van der Waals surface area contributed by atoms with Gasteiger partial charge >= 0.3 is 5.97 Å². The smallest absolute Gasteiger partial charge is 0.341 e. The van der Waals surface area contributed by atoms with Crippen molar-refractivity contribution < 1.29 is 14.3 Å². The molecule has 0 atom stereocenters. The lowest BCUT2D eigenvalue weighted by atomic mass is 9.92. The van der Waals surface area contributed by atoms with Gasteiger partial charge in [0.1, 0.15) is 5.00 Å². The van der Waals surface area contributed by atoms with Crippen LogP contribution in [0.2, 0.25) is 0 Å². The summed E-state index contributed by atoms with van der Waals surface area (Å²) in [5, 5.41) is 3.47. The van der Waals surface area contributed by atoms with Gasteiger partial charge in [0.15, 0.2) is 0 Å². The van der Waals surface area contributed by atoms with Crippen molar-refractivity contribution in [1.29, 1.82) is 0 Å². The van der Waals surface area contributed by atoms with E-state index in [2.05, 4.69) is 5.32 Å². The van der Waals surface area contributed by atoms with Crippen molar-refractivity contribution in [2.24, 2.45) is 11.1 Å². The van der Waals surface area contributed by atoms with Gasteiger partial charge in [-0.25, -0.2) is 4.79 Å². The molecule has 0 fully saturated rings. The molecule has 5 nitrogen and oxygen atoms in total. The molecule has 21 heavy (non-hydrogen) atoms. The molecule has 0 spiro atoms. The highest BCUT2D eigenvalue weighted by molar-refractivity contribution is 7.17. The molecule has 0 bridgehead atoms. The number of hydrogen-bond donors (Lipinski definition) is 2. The molecule has 1 heterocycles. The number of thiophene rings is 1. The van der Waals surface area contributed by atoms with E-state index in [1.165, 1.54) is 23.3 Å². The van der Waals surface area contributed by atoms with Gasteiger partial charge in [-0.1, -0.05) is 0 Å². The number of anilines is 1. The fourth-order valence-corrected chi connectivity index (χ4v) is 3.61. The zero-order valence-corrected chi connectivity index (χ0v) is 13.6. The van der Waals surface area contributed by atoms with Crippen molar-refractivity contribution in [3.63, 3.8) is 0 Å². The molecule has 1 aromatic rings. The molecule has 0 aromatic carbocycles. The zero-order valence-electron chi connectivity index (χ0n) is 12.7. The maximum atomic E-state index is 12.3. The van der Waals surface area contributed by atoms with Crippen LogP contribution in [0.15, 0.2) is 0 Å². The molecule has 6 heteroatoms. The molecule has 1 amide bonds. The van der Waals surface area contributed by atoms with Crippen LogP contribution in [0.5, 0.6) is 0 Å². The van der Waals surface area contributed by atoms with E-state index in [1.807, 2.05) is 0 Å². The predicted molar refractivity (Wildman–Crippen MR) is 83.8 cm³/mol. The van der Waals surface area contributed by atoms with Crippen LogP contribution in [0.3, 0.4) is 0 Å². The van der Waals surface area contributed by atoms with Crippen molar-refractivity contribution in [2.75, 3.05) is 19.0 Å². The van der Waals surface area contributed by atoms with Gasteiger partial charge in [0.25, 0.3) is 0 Å². The van der Waals surface area contributed by atoms with Gasteiger partial charge in [-0.2, -0.15) is 0 Å². The second kappa shape index (κ2) is 6.15. The summed E-state index contributed by atoms with van der Waals surface area (Å²) in [6.07, 6.45) is 4.01. The summed E-state index contributed by atoms with van der Waals surface area (Å²) in [6.45, 7) is 3.82. The highest BCUT2D eigenvalue weighted by Gasteiger charge is 2.31. The number of ether oxygens (including phenoxy) is 1. The Morgan fingerprint density at radius 1 is 1.33 bits per heavy atom. The summed E-state index contributed by atoms with van der Waals surface area (Å²) in [6, 6.07) is 0. The molecule has 3 N–H and O–H groups in total. The molecule has 0 radical (unpaired) electrons. The second-order valence-corrected chi connectivity index (χ2v) is 7.05. The lowest BCUT2D eigenvalue weighted by Crippen LogP contribution is -2.37. The van der Waals surface area contributed by atoms with Gasteiger partial charge in [0.2, 0.25) is 5.91 Å². The van der Waals surface area contributed by atoms with Gasteiger partial charge in [0.05, 0.1) is 18.1 Å². The minimum atomic E-state index is -0.669. The average Bonchev–Trinajstić information content (AvgIpc) is 2.84. The third-order valence-electron chi connectivity index (χ3n) is 3.91. The molecule has 1 aliphatic carbocycles. The Bertz CT molecular complexity index is 564. The van der Waals surface area contributed by atoms with Crippen LogP contribution >= 0.6 is 11.3 Å². The highest BCUT2D eigenvalue weighted by Crippen LogP contribution is 2.39. The van der Waals surface area contributed by atoms with E-state index in [0.717, 1.165) is 31.2 Å². The van der Waals surface area contributed by atoms with E-state index in [0.29, 0.717) is 10.6 Å². The van der Waals surface area contributed by atoms with Gasteiger partial charge in [-0.05, 0) is 45.1 Å². The molecule has 1 aromatic heterocycles. The number of amides is 1. The van der Waals surface area contributed by atoms with E-state index < -0.39 is 5.41 Å². The van der Waals surface area contributed by atoms with Crippen LogP contribution in [0.25, 0.3) is 0 Å². The number of carbonyl (C=O) groups is 2. The van der Waals surface area contributed by atoms with Crippen LogP contribution in [0, 0.1) is 5.41 Å². The van der Waals surface area contributed by atoms with Crippen molar-refractivity contribution in [2.45, 2.75) is 39.5 Å². The monoisotopic (exact) mass is 310 g/mol. The number of fused-ring (bicyclic) bond motifs is 1. The summed E-state index contributed by atoms with van der Waals surface area (Å²) in [4.78, 5) is 25.6. The molecule has 0 saturated carbocycles. The lowest BCUT2D eigenvalue weighted by molar-refractivity contribution is -0.123. The van der Waals surface area contributed by atoms with Gasteiger partial charge in [-0.15, -0.1) is 11.3 Å². The summed E-state index contributed by atoms with van der Waals surface area (Å²) in [5.41, 5.74) is 6.53. The molecular weight excluding hydrogens is 288 g/mol. The SMILES string of the molecule is COC(=O)c1c(NC(=O)C(C)(C)CN)sc2c1CCCC2. The first kappa shape index (κ1) is 16.0. The average molecular weight is 310 g/mol. The van der Waals surface area contributed by atoms with E-state index in [-0.39, 0.29) is 18.4 Å². The van der Waals surface area contributed by atoms with Gasteiger partial charge in [-0.3, -0.25) is 4.79 Å². The Labute approximate surface area is 128 Å². The first-order valence-electron chi connectivity index (χ1n) is 7.15. The third-order valence-corrected chi connectivity index (χ3v) is 5.12. The number of aryl methyl sites for hydroxylation is 1. The summed E-state index contributed by atoms with van der Waals surface area (Å²) < 4.78 is 4.89. The number of nitrogens with two attached hydrogens (primary N) is 1. The van der Waals surface area contributed by atoms with Crippen LogP contribution < -0.4 is 11.1 Å². The van der Waals surface area contributed by atoms with Crippen LogP contribution in [-0.4, -0.2) is 25.5 Å². The minimum absolute atomic E-state index is 0.172. The fourth-order valence-electron chi connectivity index (χ4n) is 2.34. The number of esters is 1. The predicted octanol–water partition coefficient (Wildman–Crippen LogP) is 2.34. The highest BCUT2D eigenvalue weighted by atomic mass is 32.1. The topological polar surface area (TPSA) is 81.4 Å². The molecule has 0 aliphatic heterocycles. The Morgan fingerprint density at radius 2 is 2.00 bits per heavy atom. The first-order chi connectivity index (χ1) is 9.90. The Hall–Kier alpha value is -1.40. The summed E-state index contributed by atoms with van der Waals surface area (Å²) >= 11 is 1.49. The standard InChI is InChI=1S/C15H22N2O3S/c1-15(2,8-16)14(19)17-12-11(13(18)20-3)9-6-4-5-7-10(9)21-12/h4-8,16H2,1-3H3,(H,17,19). The lowest BCUT2D eigenvalue weighted by Gasteiger charge is -2.21. The summed E-state index contributed by atoms with van der Waals surface area (Å²) in [5.74, 6) is -0.552. The van der Waals surface area contributed by atoms with Crippen LogP contribution in [0.4, 0.5) is 5.00 Å². The second-order valence-electron chi connectivity index (χ2n) is 5.95. The maximum Gasteiger partial charge on any atom is 0.341 e. The number of nitrogens with one attached hydrogen (secondary N) is 1. The largest absolute Gasteiger partial charge is 0.465 e. The van der Waals surface area contributed by atoms with Gasteiger partial charge in [0, 0.05) is 11.4 Å².